The molecule has 1 aliphatic rings. The first kappa shape index (κ1) is 18.9. The summed E-state index contributed by atoms with van der Waals surface area (Å²) in [4.78, 5) is 16.4. The van der Waals surface area contributed by atoms with Crippen LogP contribution in [-0.2, 0) is 16.1 Å². The van der Waals surface area contributed by atoms with E-state index in [4.69, 9.17) is 21.1 Å². The van der Waals surface area contributed by atoms with Crippen molar-refractivity contribution >= 4 is 29.5 Å². The fourth-order valence-corrected chi connectivity index (χ4v) is 2.99. The quantitative estimate of drug-likeness (QED) is 0.420. The fourth-order valence-electron chi connectivity index (χ4n) is 2.80. The Morgan fingerprint density at radius 2 is 1.83 bits per heavy atom. The summed E-state index contributed by atoms with van der Waals surface area (Å²) in [6.45, 7) is 0.280. The van der Waals surface area contributed by atoms with Gasteiger partial charge in [-0.1, -0.05) is 54.1 Å². The van der Waals surface area contributed by atoms with Crippen molar-refractivity contribution in [3.63, 3.8) is 0 Å². The van der Waals surface area contributed by atoms with Crippen molar-refractivity contribution in [3.05, 3.63) is 106 Å². The van der Waals surface area contributed by atoms with E-state index < -0.39 is 11.8 Å². The third-order valence-corrected chi connectivity index (χ3v) is 4.61. The molecule has 0 saturated carbocycles. The second-order valence-electron chi connectivity index (χ2n) is 6.26. The second-order valence-corrected chi connectivity index (χ2v) is 6.67. The second kappa shape index (κ2) is 8.29. The first-order valence-corrected chi connectivity index (χ1v) is 9.22. The molecule has 6 heteroatoms. The van der Waals surface area contributed by atoms with Gasteiger partial charge in [0.25, 0.3) is 0 Å². The Labute approximate surface area is 171 Å². The minimum Gasteiger partial charge on any atom is -0.488 e. The van der Waals surface area contributed by atoms with Crippen LogP contribution in [0.2, 0.25) is 5.02 Å². The number of cyclic esters (lactones) is 1. The highest BCUT2D eigenvalue weighted by Crippen LogP contribution is 2.26. The van der Waals surface area contributed by atoms with Gasteiger partial charge in [-0.3, -0.25) is 0 Å². The molecule has 0 atom stereocenters. The van der Waals surface area contributed by atoms with Crippen molar-refractivity contribution in [1.82, 2.24) is 0 Å². The molecule has 0 saturated heterocycles. The SMILES string of the molecule is O=C1OC(c2cccc(F)c2)=NC1=Cc1ccccc1OCc1ccccc1Cl. The first-order chi connectivity index (χ1) is 14.1. The van der Waals surface area contributed by atoms with E-state index in [9.17, 15) is 9.18 Å². The molecule has 3 aromatic carbocycles. The molecule has 0 spiro atoms. The number of ether oxygens (including phenoxy) is 2. The number of rotatable bonds is 5. The number of benzene rings is 3. The van der Waals surface area contributed by atoms with Crippen LogP contribution in [-0.4, -0.2) is 11.9 Å². The van der Waals surface area contributed by atoms with Crippen molar-refractivity contribution in [2.75, 3.05) is 0 Å². The molecule has 1 heterocycles. The number of aliphatic imine (C=N–C) groups is 1. The molecule has 4 rings (SSSR count). The number of nitrogens with zero attached hydrogens (tertiary/aromatic N) is 1. The normalized spacial score (nSPS) is 14.6. The Bertz CT molecular complexity index is 1140. The molecule has 0 amide bonds. The number of hydrogen-bond donors (Lipinski definition) is 0. The van der Waals surface area contributed by atoms with Gasteiger partial charge < -0.3 is 9.47 Å². The lowest BCUT2D eigenvalue weighted by Crippen LogP contribution is -2.05. The molecule has 0 bridgehead atoms. The van der Waals surface area contributed by atoms with E-state index in [2.05, 4.69) is 4.99 Å². The van der Waals surface area contributed by atoms with E-state index in [1.165, 1.54) is 18.2 Å². The molecule has 29 heavy (non-hydrogen) atoms. The summed E-state index contributed by atoms with van der Waals surface area (Å²) >= 11 is 6.17. The largest absolute Gasteiger partial charge is 0.488 e. The average molecular weight is 408 g/mol. The first-order valence-electron chi connectivity index (χ1n) is 8.84. The number of para-hydroxylation sites is 1. The molecule has 0 aliphatic carbocycles. The van der Waals surface area contributed by atoms with E-state index in [1.807, 2.05) is 30.3 Å². The highest BCUT2D eigenvalue weighted by molar-refractivity contribution is 6.31. The monoisotopic (exact) mass is 407 g/mol. The predicted octanol–water partition coefficient (Wildman–Crippen LogP) is 5.40. The van der Waals surface area contributed by atoms with Gasteiger partial charge in [0, 0.05) is 21.7 Å². The van der Waals surface area contributed by atoms with E-state index >= 15 is 0 Å². The summed E-state index contributed by atoms with van der Waals surface area (Å²) in [5, 5.41) is 0.618. The third kappa shape index (κ3) is 4.36. The smallest absolute Gasteiger partial charge is 0.363 e. The van der Waals surface area contributed by atoms with Crippen molar-refractivity contribution in [3.8, 4) is 5.75 Å². The van der Waals surface area contributed by atoms with Crippen LogP contribution in [0, 0.1) is 5.82 Å². The number of hydrogen-bond acceptors (Lipinski definition) is 4. The zero-order valence-electron chi connectivity index (χ0n) is 15.1. The summed E-state index contributed by atoms with van der Waals surface area (Å²) < 4.78 is 24.5. The molecule has 1 aliphatic heterocycles. The highest BCUT2D eigenvalue weighted by Gasteiger charge is 2.24. The summed E-state index contributed by atoms with van der Waals surface area (Å²) in [5.74, 6) is -0.403. The molecule has 0 radical (unpaired) electrons. The summed E-state index contributed by atoms with van der Waals surface area (Å²) in [6.07, 6.45) is 1.58. The lowest BCUT2D eigenvalue weighted by atomic mass is 10.1. The maximum Gasteiger partial charge on any atom is 0.363 e. The standard InChI is InChI=1S/C23H15ClFNO3/c24-19-10-3-1-7-17(19)14-28-21-11-4-2-6-15(21)13-20-23(27)29-22(26-20)16-8-5-9-18(25)12-16/h1-13H,14H2. The molecular weight excluding hydrogens is 393 g/mol. The van der Waals surface area contributed by atoms with Gasteiger partial charge in [0.15, 0.2) is 5.70 Å². The van der Waals surface area contributed by atoms with Crippen molar-refractivity contribution < 1.29 is 18.7 Å². The number of esters is 1. The summed E-state index contributed by atoms with van der Waals surface area (Å²) in [7, 11) is 0. The molecule has 0 fully saturated rings. The molecular formula is C23H15ClFNO3. The Kier molecular flexibility index (Phi) is 5.40. The Hall–Kier alpha value is -3.44. The Morgan fingerprint density at radius 1 is 1.03 bits per heavy atom. The lowest BCUT2D eigenvalue weighted by Gasteiger charge is -2.10. The molecule has 4 nitrogen and oxygen atoms in total. The average Bonchev–Trinajstić information content (AvgIpc) is 3.09. The van der Waals surface area contributed by atoms with Crippen molar-refractivity contribution in [2.24, 2.45) is 4.99 Å². The minimum absolute atomic E-state index is 0.0650. The van der Waals surface area contributed by atoms with Crippen LogP contribution in [0.1, 0.15) is 16.7 Å². The van der Waals surface area contributed by atoms with Gasteiger partial charge in [-0.15, -0.1) is 0 Å². The van der Waals surface area contributed by atoms with Gasteiger partial charge in [-0.05, 0) is 36.4 Å². The Morgan fingerprint density at radius 3 is 2.66 bits per heavy atom. The third-order valence-electron chi connectivity index (χ3n) is 4.24. The topological polar surface area (TPSA) is 47.9 Å². The number of halogens is 2. The number of carbonyl (C=O) groups excluding carboxylic acids is 1. The summed E-state index contributed by atoms with van der Waals surface area (Å²) in [6, 6.07) is 20.4. The van der Waals surface area contributed by atoms with Crippen LogP contribution < -0.4 is 4.74 Å². The fraction of sp³-hybridized carbons (Fsp3) is 0.0435. The van der Waals surface area contributed by atoms with Crippen LogP contribution in [0.15, 0.2) is 83.5 Å². The zero-order valence-corrected chi connectivity index (χ0v) is 15.9. The van der Waals surface area contributed by atoms with Gasteiger partial charge in [0.2, 0.25) is 5.90 Å². The maximum absolute atomic E-state index is 13.4. The van der Waals surface area contributed by atoms with Gasteiger partial charge in [-0.25, -0.2) is 14.2 Å². The van der Waals surface area contributed by atoms with Crippen molar-refractivity contribution in [1.29, 1.82) is 0 Å². The van der Waals surface area contributed by atoms with E-state index in [-0.39, 0.29) is 18.2 Å². The molecule has 3 aromatic rings. The van der Waals surface area contributed by atoms with Crippen LogP contribution in [0.5, 0.6) is 5.75 Å². The maximum atomic E-state index is 13.4. The number of carbonyl (C=O) groups is 1. The van der Waals surface area contributed by atoms with Gasteiger partial charge >= 0.3 is 5.97 Å². The van der Waals surface area contributed by atoms with Crippen LogP contribution in [0.25, 0.3) is 6.08 Å². The molecule has 0 aromatic heterocycles. The van der Waals surface area contributed by atoms with Gasteiger partial charge in [0.05, 0.1) is 0 Å². The van der Waals surface area contributed by atoms with Crippen LogP contribution in [0.4, 0.5) is 4.39 Å². The minimum atomic E-state index is -0.606. The predicted molar refractivity (Wildman–Crippen MR) is 109 cm³/mol. The van der Waals surface area contributed by atoms with Crippen LogP contribution in [0.3, 0.4) is 0 Å². The van der Waals surface area contributed by atoms with E-state index in [0.29, 0.717) is 21.9 Å². The van der Waals surface area contributed by atoms with Gasteiger partial charge in [-0.2, -0.15) is 0 Å². The molecule has 0 N–H and O–H groups in total. The lowest BCUT2D eigenvalue weighted by molar-refractivity contribution is -0.129. The highest BCUT2D eigenvalue weighted by atomic mass is 35.5. The Balaban J connectivity index is 1.59. The van der Waals surface area contributed by atoms with E-state index in [1.54, 1.807) is 30.3 Å². The molecule has 0 unspecified atom stereocenters. The van der Waals surface area contributed by atoms with Crippen LogP contribution >= 0.6 is 11.6 Å². The zero-order chi connectivity index (χ0) is 20.2. The van der Waals surface area contributed by atoms with Crippen molar-refractivity contribution in [2.45, 2.75) is 6.61 Å². The summed E-state index contributed by atoms with van der Waals surface area (Å²) in [5.41, 5.74) is 2.02. The molecule has 144 valence electrons. The van der Waals surface area contributed by atoms with Gasteiger partial charge in [0.1, 0.15) is 18.2 Å². The van der Waals surface area contributed by atoms with E-state index in [0.717, 1.165) is 5.56 Å².